The van der Waals surface area contributed by atoms with Crippen LogP contribution in [-0.4, -0.2) is 47.5 Å². The Labute approximate surface area is 143 Å². The normalized spacial score (nSPS) is 33.8. The van der Waals surface area contributed by atoms with Crippen LogP contribution >= 0.6 is 0 Å². The number of rotatable bonds is 3. The number of aliphatic hydroxyl groups excluding tert-OH is 1. The summed E-state index contributed by atoms with van der Waals surface area (Å²) in [5.74, 6) is -0.0784. The molecule has 3 atom stereocenters. The van der Waals surface area contributed by atoms with Gasteiger partial charge in [-0.15, -0.1) is 0 Å². The average Bonchev–Trinajstić information content (AvgIpc) is 2.59. The van der Waals surface area contributed by atoms with Crippen molar-refractivity contribution in [1.82, 2.24) is 15.5 Å². The SMILES string of the molecule is CCC1(C)C(=N)C2=C(C=C1NC)C(=O)N([C@H]1CCCC[C@@H]1O)CN2. The fourth-order valence-electron chi connectivity index (χ4n) is 4.10. The van der Waals surface area contributed by atoms with Gasteiger partial charge in [-0.3, -0.25) is 4.79 Å². The van der Waals surface area contributed by atoms with Gasteiger partial charge >= 0.3 is 0 Å². The quantitative estimate of drug-likeness (QED) is 0.630. The first-order valence-corrected chi connectivity index (χ1v) is 8.90. The van der Waals surface area contributed by atoms with Crippen molar-refractivity contribution in [2.45, 2.75) is 58.1 Å². The van der Waals surface area contributed by atoms with E-state index >= 15 is 0 Å². The van der Waals surface area contributed by atoms with E-state index in [0.717, 1.165) is 37.8 Å². The summed E-state index contributed by atoms with van der Waals surface area (Å²) in [6.07, 6.45) is 5.86. The van der Waals surface area contributed by atoms with Crippen LogP contribution in [0.25, 0.3) is 0 Å². The number of allylic oxidation sites excluding steroid dienone is 2. The van der Waals surface area contributed by atoms with E-state index in [1.165, 1.54) is 0 Å². The monoisotopic (exact) mass is 332 g/mol. The van der Waals surface area contributed by atoms with Crippen molar-refractivity contribution in [3.05, 3.63) is 23.0 Å². The first-order chi connectivity index (χ1) is 11.4. The molecular weight excluding hydrogens is 304 g/mol. The Hall–Kier alpha value is -1.82. The fraction of sp³-hybridized carbons (Fsp3) is 0.667. The molecule has 1 fully saturated rings. The highest BCUT2D eigenvalue weighted by Gasteiger charge is 2.44. The second kappa shape index (κ2) is 6.24. The molecule has 2 aliphatic carbocycles. The number of carbonyl (C=O) groups is 1. The minimum atomic E-state index is -0.455. The molecular formula is C18H28N4O2. The van der Waals surface area contributed by atoms with Crippen molar-refractivity contribution < 1.29 is 9.90 Å². The van der Waals surface area contributed by atoms with Crippen LogP contribution in [0.2, 0.25) is 0 Å². The van der Waals surface area contributed by atoms with Gasteiger partial charge in [-0.05, 0) is 32.3 Å². The number of amides is 1. The van der Waals surface area contributed by atoms with Crippen LogP contribution in [0.15, 0.2) is 23.0 Å². The smallest absolute Gasteiger partial charge is 0.257 e. The summed E-state index contributed by atoms with van der Waals surface area (Å²) in [7, 11) is 1.84. The zero-order valence-corrected chi connectivity index (χ0v) is 14.8. The summed E-state index contributed by atoms with van der Waals surface area (Å²) in [6, 6.07) is -0.132. The predicted molar refractivity (Wildman–Crippen MR) is 93.4 cm³/mol. The number of hydrogen-bond donors (Lipinski definition) is 4. The standard InChI is InChI=1S/C18H28N4O2/c1-4-18(2)14(20-3)9-11-15(16(18)19)21-10-22(17(11)24)12-7-5-6-8-13(12)23/h9,12-13,19-21,23H,4-8,10H2,1-3H3/t12-,13-,18?/m0/s1. The van der Waals surface area contributed by atoms with Crippen LogP contribution in [0.4, 0.5) is 0 Å². The molecule has 0 radical (unpaired) electrons. The molecule has 0 aromatic carbocycles. The molecule has 132 valence electrons. The highest BCUT2D eigenvalue weighted by atomic mass is 16.3. The third-order valence-electron chi connectivity index (χ3n) is 5.94. The lowest BCUT2D eigenvalue weighted by atomic mass is 9.72. The third-order valence-corrected chi connectivity index (χ3v) is 5.94. The van der Waals surface area contributed by atoms with E-state index in [-0.39, 0.29) is 11.9 Å². The Morgan fingerprint density at radius 3 is 2.79 bits per heavy atom. The predicted octanol–water partition coefficient (Wildman–Crippen LogP) is 1.49. The van der Waals surface area contributed by atoms with Gasteiger partial charge in [-0.25, -0.2) is 0 Å². The van der Waals surface area contributed by atoms with Gasteiger partial charge in [0.1, 0.15) is 0 Å². The second-order valence-corrected chi connectivity index (χ2v) is 7.19. The van der Waals surface area contributed by atoms with Gasteiger partial charge in [0.05, 0.1) is 41.2 Å². The maximum Gasteiger partial charge on any atom is 0.257 e. The number of aliphatic hydroxyl groups is 1. The van der Waals surface area contributed by atoms with Gasteiger partial charge in [-0.2, -0.15) is 0 Å². The van der Waals surface area contributed by atoms with Crippen LogP contribution in [0.1, 0.15) is 46.0 Å². The van der Waals surface area contributed by atoms with E-state index in [0.29, 0.717) is 23.7 Å². The average molecular weight is 332 g/mol. The fourth-order valence-corrected chi connectivity index (χ4v) is 4.10. The van der Waals surface area contributed by atoms with Gasteiger partial charge < -0.3 is 26.0 Å². The highest BCUT2D eigenvalue weighted by molar-refractivity contribution is 6.13. The number of carbonyl (C=O) groups excluding carboxylic acids is 1. The summed E-state index contributed by atoms with van der Waals surface area (Å²) in [5, 5.41) is 25.4. The maximum atomic E-state index is 13.1. The maximum absolute atomic E-state index is 13.1. The molecule has 0 bridgehead atoms. The Bertz CT molecular complexity index is 625. The Balaban J connectivity index is 1.95. The van der Waals surface area contributed by atoms with Crippen LogP contribution in [-0.2, 0) is 4.79 Å². The van der Waals surface area contributed by atoms with Crippen molar-refractivity contribution in [3.63, 3.8) is 0 Å². The molecule has 1 unspecified atom stereocenters. The minimum absolute atomic E-state index is 0.0784. The zero-order chi connectivity index (χ0) is 17.5. The summed E-state index contributed by atoms with van der Waals surface area (Å²) < 4.78 is 0. The summed E-state index contributed by atoms with van der Waals surface area (Å²) >= 11 is 0. The summed E-state index contributed by atoms with van der Waals surface area (Å²) in [4.78, 5) is 14.8. The molecule has 0 saturated heterocycles. The summed E-state index contributed by atoms with van der Waals surface area (Å²) in [5.41, 5.74) is 2.14. The van der Waals surface area contributed by atoms with Crippen LogP contribution < -0.4 is 10.6 Å². The molecule has 0 aromatic rings. The van der Waals surface area contributed by atoms with E-state index < -0.39 is 11.5 Å². The molecule has 1 saturated carbocycles. The highest BCUT2D eigenvalue weighted by Crippen LogP contribution is 2.39. The van der Waals surface area contributed by atoms with E-state index in [2.05, 4.69) is 17.6 Å². The van der Waals surface area contributed by atoms with E-state index in [4.69, 9.17) is 5.41 Å². The van der Waals surface area contributed by atoms with E-state index in [1.54, 1.807) is 4.90 Å². The minimum Gasteiger partial charge on any atom is -0.391 e. The third kappa shape index (κ3) is 2.44. The first kappa shape index (κ1) is 17.0. The van der Waals surface area contributed by atoms with Crippen molar-refractivity contribution in [2.75, 3.05) is 13.7 Å². The largest absolute Gasteiger partial charge is 0.391 e. The zero-order valence-electron chi connectivity index (χ0n) is 14.8. The van der Waals surface area contributed by atoms with Gasteiger partial charge in [-0.1, -0.05) is 19.8 Å². The Morgan fingerprint density at radius 1 is 1.46 bits per heavy atom. The molecule has 1 heterocycles. The molecule has 1 aliphatic heterocycles. The molecule has 6 nitrogen and oxygen atoms in total. The van der Waals surface area contributed by atoms with Crippen molar-refractivity contribution >= 4 is 11.6 Å². The molecule has 3 aliphatic rings. The number of nitrogens with zero attached hydrogens (tertiary/aromatic N) is 1. The van der Waals surface area contributed by atoms with Gasteiger partial charge in [0, 0.05) is 12.7 Å². The van der Waals surface area contributed by atoms with Gasteiger partial charge in [0.2, 0.25) is 0 Å². The number of hydrogen-bond acceptors (Lipinski definition) is 5. The van der Waals surface area contributed by atoms with Gasteiger partial charge in [0.25, 0.3) is 5.91 Å². The lowest BCUT2D eigenvalue weighted by molar-refractivity contribution is -0.134. The summed E-state index contributed by atoms with van der Waals surface area (Å²) in [6.45, 7) is 4.45. The topological polar surface area (TPSA) is 88.5 Å². The second-order valence-electron chi connectivity index (χ2n) is 7.19. The van der Waals surface area contributed by atoms with Crippen molar-refractivity contribution in [2.24, 2.45) is 5.41 Å². The molecule has 0 spiro atoms. The molecule has 0 aromatic heterocycles. The number of nitrogens with one attached hydrogen (secondary N) is 3. The molecule has 6 heteroatoms. The van der Waals surface area contributed by atoms with Crippen LogP contribution in [0.3, 0.4) is 0 Å². The van der Waals surface area contributed by atoms with Crippen LogP contribution in [0.5, 0.6) is 0 Å². The Kier molecular flexibility index (Phi) is 4.42. The first-order valence-electron chi connectivity index (χ1n) is 8.90. The van der Waals surface area contributed by atoms with Gasteiger partial charge in [0.15, 0.2) is 0 Å². The van der Waals surface area contributed by atoms with E-state index in [1.807, 2.05) is 20.0 Å². The molecule has 1 amide bonds. The van der Waals surface area contributed by atoms with Crippen molar-refractivity contribution in [1.29, 1.82) is 5.41 Å². The Morgan fingerprint density at radius 2 is 2.17 bits per heavy atom. The van der Waals surface area contributed by atoms with Crippen molar-refractivity contribution in [3.8, 4) is 0 Å². The van der Waals surface area contributed by atoms with Crippen LogP contribution in [0, 0.1) is 10.8 Å². The van der Waals surface area contributed by atoms with E-state index in [9.17, 15) is 9.90 Å². The lowest BCUT2D eigenvalue weighted by Gasteiger charge is -2.44. The molecule has 4 N–H and O–H groups in total. The lowest BCUT2D eigenvalue weighted by Crippen LogP contribution is -2.57. The molecule has 3 rings (SSSR count). The molecule has 24 heavy (non-hydrogen) atoms.